The van der Waals surface area contributed by atoms with Gasteiger partial charge in [-0.3, -0.25) is 4.79 Å². The SMILES string of the molecule is COc1ccc(/C=C/c2cc(OC)cc(OC)c2/C=C/C(=O)c2ccc(Br)cc2)cc1. The van der Waals surface area contributed by atoms with Crippen molar-refractivity contribution in [1.82, 2.24) is 0 Å². The Kier molecular flexibility index (Phi) is 7.68. The summed E-state index contributed by atoms with van der Waals surface area (Å²) < 4.78 is 17.1. The Morgan fingerprint density at radius 2 is 1.45 bits per heavy atom. The Morgan fingerprint density at radius 3 is 2.06 bits per heavy atom. The van der Waals surface area contributed by atoms with E-state index in [-0.39, 0.29) is 5.78 Å². The Hall–Kier alpha value is -3.31. The molecule has 0 saturated heterocycles. The van der Waals surface area contributed by atoms with Crippen LogP contribution >= 0.6 is 15.9 Å². The third kappa shape index (κ3) is 5.86. The maximum absolute atomic E-state index is 12.6. The lowest BCUT2D eigenvalue weighted by atomic mass is 10.0. The lowest BCUT2D eigenvalue weighted by Crippen LogP contribution is -1.96. The normalized spacial score (nSPS) is 11.1. The van der Waals surface area contributed by atoms with Crippen LogP contribution in [0.2, 0.25) is 0 Å². The fraction of sp³-hybridized carbons (Fsp3) is 0.115. The monoisotopic (exact) mass is 478 g/mol. The van der Waals surface area contributed by atoms with Crippen LogP contribution in [0.4, 0.5) is 0 Å². The first-order chi connectivity index (χ1) is 15.0. The molecule has 0 amide bonds. The number of allylic oxidation sites excluding steroid dienone is 1. The fourth-order valence-electron chi connectivity index (χ4n) is 3.00. The molecule has 0 saturated carbocycles. The van der Waals surface area contributed by atoms with E-state index in [9.17, 15) is 4.79 Å². The Labute approximate surface area is 190 Å². The molecule has 0 spiro atoms. The van der Waals surface area contributed by atoms with Gasteiger partial charge in [-0.2, -0.15) is 0 Å². The third-order valence-electron chi connectivity index (χ3n) is 4.70. The molecule has 0 unspecified atom stereocenters. The van der Waals surface area contributed by atoms with Crippen LogP contribution in [0.1, 0.15) is 27.0 Å². The molecule has 0 aromatic heterocycles. The van der Waals surface area contributed by atoms with Crippen LogP contribution in [-0.4, -0.2) is 27.1 Å². The van der Waals surface area contributed by atoms with Crippen molar-refractivity contribution in [3.63, 3.8) is 0 Å². The Morgan fingerprint density at radius 1 is 0.774 bits per heavy atom. The number of benzene rings is 3. The van der Waals surface area contributed by atoms with Crippen molar-refractivity contribution in [1.29, 1.82) is 0 Å². The molecule has 3 rings (SSSR count). The van der Waals surface area contributed by atoms with Crippen LogP contribution in [0.15, 0.2) is 71.2 Å². The van der Waals surface area contributed by atoms with Crippen molar-refractivity contribution in [2.45, 2.75) is 0 Å². The first kappa shape index (κ1) is 22.4. The highest BCUT2D eigenvalue weighted by Crippen LogP contribution is 2.31. The number of ether oxygens (including phenoxy) is 3. The largest absolute Gasteiger partial charge is 0.497 e. The minimum absolute atomic E-state index is 0.0875. The van der Waals surface area contributed by atoms with Gasteiger partial charge in [-0.05, 0) is 65.7 Å². The smallest absolute Gasteiger partial charge is 0.185 e. The van der Waals surface area contributed by atoms with E-state index in [0.717, 1.165) is 26.9 Å². The summed E-state index contributed by atoms with van der Waals surface area (Å²) in [5, 5.41) is 0. The van der Waals surface area contributed by atoms with Gasteiger partial charge in [0.25, 0.3) is 0 Å². The van der Waals surface area contributed by atoms with Gasteiger partial charge in [0.2, 0.25) is 0 Å². The van der Waals surface area contributed by atoms with E-state index in [1.807, 2.05) is 54.6 Å². The summed E-state index contributed by atoms with van der Waals surface area (Å²) in [7, 11) is 4.85. The van der Waals surface area contributed by atoms with Crippen molar-refractivity contribution in [3.8, 4) is 17.2 Å². The van der Waals surface area contributed by atoms with E-state index in [4.69, 9.17) is 14.2 Å². The summed E-state index contributed by atoms with van der Waals surface area (Å²) in [5.41, 5.74) is 3.29. The first-order valence-corrected chi connectivity index (χ1v) is 10.4. The van der Waals surface area contributed by atoms with Gasteiger partial charge in [-0.25, -0.2) is 0 Å². The number of halogens is 1. The Bertz CT molecular complexity index is 1100. The van der Waals surface area contributed by atoms with E-state index < -0.39 is 0 Å². The zero-order valence-electron chi connectivity index (χ0n) is 17.6. The molecule has 0 bridgehead atoms. The van der Waals surface area contributed by atoms with Crippen LogP contribution in [0.5, 0.6) is 17.2 Å². The van der Waals surface area contributed by atoms with Gasteiger partial charge in [0.05, 0.1) is 21.3 Å². The van der Waals surface area contributed by atoms with E-state index in [0.29, 0.717) is 17.1 Å². The molecule has 4 nitrogen and oxygen atoms in total. The molecule has 5 heteroatoms. The van der Waals surface area contributed by atoms with Crippen LogP contribution < -0.4 is 14.2 Å². The number of carbonyl (C=O) groups excluding carboxylic acids is 1. The van der Waals surface area contributed by atoms with Gasteiger partial charge in [0.15, 0.2) is 5.78 Å². The van der Waals surface area contributed by atoms with Crippen molar-refractivity contribution < 1.29 is 19.0 Å². The molecule has 3 aromatic rings. The van der Waals surface area contributed by atoms with E-state index >= 15 is 0 Å². The number of hydrogen-bond donors (Lipinski definition) is 0. The molecule has 0 fully saturated rings. The average Bonchev–Trinajstić information content (AvgIpc) is 2.81. The molecule has 31 heavy (non-hydrogen) atoms. The van der Waals surface area contributed by atoms with Crippen LogP contribution in [0, 0.1) is 0 Å². The standard InChI is InChI=1S/C26H23BrO4/c1-29-22-12-5-18(6-13-22)4-7-20-16-23(30-2)17-26(31-3)24(20)14-15-25(28)19-8-10-21(27)11-9-19/h4-17H,1-3H3/b7-4+,15-14+. The number of hydrogen-bond acceptors (Lipinski definition) is 4. The zero-order valence-corrected chi connectivity index (χ0v) is 19.2. The minimum Gasteiger partial charge on any atom is -0.497 e. The molecule has 3 aromatic carbocycles. The number of methoxy groups -OCH3 is 3. The summed E-state index contributed by atoms with van der Waals surface area (Å²) in [6.45, 7) is 0. The molecule has 0 radical (unpaired) electrons. The highest BCUT2D eigenvalue weighted by atomic mass is 79.9. The fourth-order valence-corrected chi connectivity index (χ4v) is 3.26. The predicted octanol–water partition coefficient (Wildman–Crippen LogP) is 6.54. The van der Waals surface area contributed by atoms with Gasteiger partial charge in [0, 0.05) is 21.7 Å². The van der Waals surface area contributed by atoms with Gasteiger partial charge in [-0.1, -0.05) is 40.2 Å². The molecular weight excluding hydrogens is 456 g/mol. The van der Waals surface area contributed by atoms with E-state index in [1.165, 1.54) is 0 Å². The zero-order chi connectivity index (χ0) is 22.2. The van der Waals surface area contributed by atoms with Crippen molar-refractivity contribution in [2.24, 2.45) is 0 Å². The molecule has 0 atom stereocenters. The second kappa shape index (κ2) is 10.6. The van der Waals surface area contributed by atoms with Gasteiger partial charge in [0.1, 0.15) is 17.2 Å². The second-order valence-corrected chi connectivity index (χ2v) is 7.56. The maximum atomic E-state index is 12.6. The molecular formula is C26H23BrO4. The average molecular weight is 479 g/mol. The molecule has 0 aliphatic heterocycles. The minimum atomic E-state index is -0.0875. The maximum Gasteiger partial charge on any atom is 0.185 e. The second-order valence-electron chi connectivity index (χ2n) is 6.64. The number of ketones is 1. The van der Waals surface area contributed by atoms with Crippen molar-refractivity contribution in [3.05, 3.63) is 93.5 Å². The van der Waals surface area contributed by atoms with E-state index in [1.54, 1.807) is 51.7 Å². The number of rotatable bonds is 8. The molecule has 0 aliphatic rings. The van der Waals surface area contributed by atoms with Crippen LogP contribution in [-0.2, 0) is 0 Å². The van der Waals surface area contributed by atoms with Crippen molar-refractivity contribution >= 4 is 39.9 Å². The summed E-state index contributed by atoms with van der Waals surface area (Å²) in [6, 6.07) is 18.7. The topological polar surface area (TPSA) is 44.8 Å². The first-order valence-electron chi connectivity index (χ1n) is 9.60. The van der Waals surface area contributed by atoms with Gasteiger partial charge < -0.3 is 14.2 Å². The van der Waals surface area contributed by atoms with Gasteiger partial charge >= 0.3 is 0 Å². The summed E-state index contributed by atoms with van der Waals surface area (Å²) in [4.78, 5) is 12.6. The van der Waals surface area contributed by atoms with Gasteiger partial charge in [-0.15, -0.1) is 0 Å². The third-order valence-corrected chi connectivity index (χ3v) is 5.23. The van der Waals surface area contributed by atoms with Crippen LogP contribution in [0.25, 0.3) is 18.2 Å². The summed E-state index contributed by atoms with van der Waals surface area (Å²) in [6.07, 6.45) is 7.28. The lowest BCUT2D eigenvalue weighted by Gasteiger charge is -2.11. The van der Waals surface area contributed by atoms with E-state index in [2.05, 4.69) is 15.9 Å². The quantitative estimate of drug-likeness (QED) is 0.209. The lowest BCUT2D eigenvalue weighted by molar-refractivity contribution is 0.104. The summed E-state index contributed by atoms with van der Waals surface area (Å²) in [5.74, 6) is 2.00. The van der Waals surface area contributed by atoms with Crippen molar-refractivity contribution in [2.75, 3.05) is 21.3 Å². The highest BCUT2D eigenvalue weighted by molar-refractivity contribution is 9.10. The Balaban J connectivity index is 1.96. The van der Waals surface area contributed by atoms with Crippen LogP contribution in [0.3, 0.4) is 0 Å². The molecule has 0 aliphatic carbocycles. The summed E-state index contributed by atoms with van der Waals surface area (Å²) >= 11 is 3.38. The highest BCUT2D eigenvalue weighted by Gasteiger charge is 2.10. The molecule has 0 heterocycles. The predicted molar refractivity (Wildman–Crippen MR) is 129 cm³/mol. The number of carbonyl (C=O) groups is 1. The molecule has 0 N–H and O–H groups in total. The molecule has 158 valence electrons.